The first kappa shape index (κ1) is 23.7. The normalized spacial score (nSPS) is 20.9. The number of amides is 2. The Balaban J connectivity index is 1.46. The highest BCUT2D eigenvalue weighted by molar-refractivity contribution is 5.90. The van der Waals surface area contributed by atoms with Crippen LogP contribution in [0.2, 0.25) is 0 Å². The maximum absolute atomic E-state index is 13.1. The summed E-state index contributed by atoms with van der Waals surface area (Å²) < 4.78 is 10.8. The van der Waals surface area contributed by atoms with Gasteiger partial charge in [-0.05, 0) is 29.2 Å². The van der Waals surface area contributed by atoms with E-state index in [1.807, 2.05) is 48.5 Å². The topological polar surface area (TPSA) is 125 Å². The van der Waals surface area contributed by atoms with Crippen molar-refractivity contribution in [2.24, 2.45) is 0 Å². The van der Waals surface area contributed by atoms with Crippen LogP contribution >= 0.6 is 0 Å². The van der Waals surface area contributed by atoms with Crippen molar-refractivity contribution < 1.29 is 34.1 Å². The molecule has 4 atom stereocenters. The Hall–Kier alpha value is -3.43. The number of carboxylic acids is 1. The summed E-state index contributed by atoms with van der Waals surface area (Å²) in [6.07, 6.45) is -2.57. The Labute approximate surface area is 197 Å². The van der Waals surface area contributed by atoms with E-state index in [0.717, 1.165) is 27.2 Å². The number of methoxy groups -OCH3 is 1. The van der Waals surface area contributed by atoms with Crippen LogP contribution < -0.4 is 5.32 Å². The minimum atomic E-state index is -1.21. The number of hydrogen-bond acceptors (Lipinski definition) is 6. The quantitative estimate of drug-likeness (QED) is 0.567. The summed E-state index contributed by atoms with van der Waals surface area (Å²) in [5.74, 6) is -2.00. The van der Waals surface area contributed by atoms with Crippen molar-refractivity contribution in [3.05, 3.63) is 59.7 Å². The molecule has 1 aliphatic carbocycles. The number of carboxylic acid groups (broad SMARTS) is 1. The molecule has 9 heteroatoms. The van der Waals surface area contributed by atoms with Gasteiger partial charge in [-0.3, -0.25) is 4.79 Å². The van der Waals surface area contributed by atoms with E-state index in [1.165, 1.54) is 7.11 Å². The molecule has 2 aliphatic rings. The summed E-state index contributed by atoms with van der Waals surface area (Å²) >= 11 is 0. The fraction of sp³-hybridized carbons (Fsp3) is 0.400. The lowest BCUT2D eigenvalue weighted by atomic mass is 9.98. The van der Waals surface area contributed by atoms with Crippen LogP contribution in [-0.2, 0) is 19.1 Å². The first-order valence-electron chi connectivity index (χ1n) is 11.2. The predicted octanol–water partition coefficient (Wildman–Crippen LogP) is 1.97. The van der Waals surface area contributed by atoms with Crippen LogP contribution in [0, 0.1) is 0 Å². The van der Waals surface area contributed by atoms with Crippen LogP contribution in [0.3, 0.4) is 0 Å². The molecule has 1 aliphatic heterocycles. The highest BCUT2D eigenvalue weighted by Crippen LogP contribution is 2.44. The van der Waals surface area contributed by atoms with Gasteiger partial charge in [0.25, 0.3) is 0 Å². The lowest BCUT2D eigenvalue weighted by Gasteiger charge is -2.29. The molecule has 3 N–H and O–H groups in total. The molecule has 4 rings (SSSR count). The van der Waals surface area contributed by atoms with E-state index in [-0.39, 0.29) is 25.5 Å². The number of nitrogens with zero attached hydrogens (tertiary/aromatic N) is 1. The van der Waals surface area contributed by atoms with Crippen molar-refractivity contribution in [1.82, 2.24) is 10.2 Å². The van der Waals surface area contributed by atoms with Gasteiger partial charge in [0.1, 0.15) is 18.7 Å². The molecule has 1 heterocycles. The fourth-order valence-corrected chi connectivity index (χ4v) is 4.75. The molecule has 34 heavy (non-hydrogen) atoms. The minimum absolute atomic E-state index is 0.0693. The molecule has 1 saturated heterocycles. The Morgan fingerprint density at radius 2 is 1.68 bits per heavy atom. The zero-order valence-electron chi connectivity index (χ0n) is 19.0. The number of hydrogen-bond donors (Lipinski definition) is 3. The first-order valence-corrected chi connectivity index (χ1v) is 11.2. The van der Waals surface area contributed by atoms with E-state index in [1.54, 1.807) is 6.92 Å². The minimum Gasteiger partial charge on any atom is -0.480 e. The second-order valence-corrected chi connectivity index (χ2v) is 8.62. The van der Waals surface area contributed by atoms with Gasteiger partial charge in [-0.25, -0.2) is 9.59 Å². The van der Waals surface area contributed by atoms with Crippen molar-refractivity contribution in [2.75, 3.05) is 20.3 Å². The maximum Gasteiger partial charge on any atom is 0.407 e. The van der Waals surface area contributed by atoms with Gasteiger partial charge >= 0.3 is 12.1 Å². The second kappa shape index (κ2) is 9.82. The zero-order valence-corrected chi connectivity index (χ0v) is 19.0. The van der Waals surface area contributed by atoms with Crippen LogP contribution in [0.5, 0.6) is 0 Å². The number of nitrogens with one attached hydrogen (secondary N) is 1. The summed E-state index contributed by atoms with van der Waals surface area (Å²) in [5.41, 5.74) is 4.32. The Kier molecular flexibility index (Phi) is 6.85. The highest BCUT2D eigenvalue weighted by Gasteiger charge is 2.43. The number of alkyl carbamates (subject to hydrolysis) is 1. The molecule has 0 radical (unpaired) electrons. The highest BCUT2D eigenvalue weighted by atomic mass is 16.5. The van der Waals surface area contributed by atoms with Gasteiger partial charge in [-0.1, -0.05) is 48.5 Å². The van der Waals surface area contributed by atoms with Gasteiger partial charge in [-0.2, -0.15) is 0 Å². The van der Waals surface area contributed by atoms with Crippen molar-refractivity contribution in [3.8, 4) is 11.1 Å². The number of ether oxygens (including phenoxy) is 2. The van der Waals surface area contributed by atoms with Crippen LogP contribution in [0.15, 0.2) is 48.5 Å². The van der Waals surface area contributed by atoms with Crippen molar-refractivity contribution in [1.29, 1.82) is 0 Å². The molecular formula is C25H28N2O7. The molecule has 180 valence electrons. The third kappa shape index (κ3) is 4.49. The number of carbonyl (C=O) groups is 3. The van der Waals surface area contributed by atoms with Crippen LogP contribution in [-0.4, -0.2) is 77.6 Å². The number of carbonyl (C=O) groups excluding carboxylic acids is 2. The number of benzene rings is 2. The van der Waals surface area contributed by atoms with Crippen LogP contribution in [0.25, 0.3) is 11.1 Å². The van der Waals surface area contributed by atoms with E-state index in [2.05, 4.69) is 5.32 Å². The molecule has 0 aromatic heterocycles. The number of aliphatic hydroxyl groups excluding tert-OH is 1. The van der Waals surface area contributed by atoms with E-state index >= 15 is 0 Å². The molecule has 1 unspecified atom stereocenters. The number of likely N-dealkylation sites (tertiary alicyclic amines) is 1. The van der Waals surface area contributed by atoms with Gasteiger partial charge in [0.05, 0.1) is 12.2 Å². The third-order valence-corrected chi connectivity index (χ3v) is 6.57. The molecule has 2 aromatic carbocycles. The second-order valence-electron chi connectivity index (χ2n) is 8.62. The number of rotatable bonds is 7. The SMILES string of the molecule is CO[C@H](C)[C@H](NC(=O)OCC1c2ccccc2-c2ccccc21)C(=O)N1CC(O)C[C@H]1C(=O)O. The summed E-state index contributed by atoms with van der Waals surface area (Å²) in [6, 6.07) is 13.6. The van der Waals surface area contributed by atoms with Crippen molar-refractivity contribution >= 4 is 18.0 Å². The number of β-amino-alcohol motifs (C(OH)–C–C–N with tert-alkyl or cyclic N) is 1. The predicted molar refractivity (Wildman–Crippen MR) is 122 cm³/mol. The lowest BCUT2D eigenvalue weighted by molar-refractivity contribution is -0.150. The fourth-order valence-electron chi connectivity index (χ4n) is 4.75. The van der Waals surface area contributed by atoms with E-state index in [9.17, 15) is 24.6 Å². The summed E-state index contributed by atoms with van der Waals surface area (Å²) in [4.78, 5) is 38.5. The lowest BCUT2D eigenvalue weighted by Crippen LogP contribution is -2.56. The number of aliphatic carboxylic acids is 1. The van der Waals surface area contributed by atoms with Gasteiger partial charge in [0.15, 0.2) is 0 Å². The molecule has 0 bridgehead atoms. The van der Waals surface area contributed by atoms with Gasteiger partial charge < -0.3 is 29.9 Å². The van der Waals surface area contributed by atoms with Crippen molar-refractivity contribution in [2.45, 2.75) is 43.6 Å². The largest absolute Gasteiger partial charge is 0.480 e. The average molecular weight is 469 g/mol. The van der Waals surface area contributed by atoms with Gasteiger partial charge in [0.2, 0.25) is 5.91 Å². The maximum atomic E-state index is 13.1. The molecule has 1 fully saturated rings. The average Bonchev–Trinajstić information content (AvgIpc) is 3.38. The molecular weight excluding hydrogens is 440 g/mol. The third-order valence-electron chi connectivity index (χ3n) is 6.57. The van der Waals surface area contributed by atoms with E-state index < -0.39 is 42.3 Å². The van der Waals surface area contributed by atoms with Crippen LogP contribution in [0.1, 0.15) is 30.4 Å². The molecule has 0 spiro atoms. The smallest absolute Gasteiger partial charge is 0.407 e. The Bertz CT molecular complexity index is 1040. The monoisotopic (exact) mass is 468 g/mol. The standard InChI is InChI=1S/C25H28N2O7/c1-14(33-2)22(23(29)27-12-15(28)11-21(27)24(30)31)26-25(32)34-13-20-18-9-5-3-7-16(18)17-8-4-6-10-19(17)20/h3-10,14-15,20-22,28H,11-13H2,1-2H3,(H,26,32)(H,30,31)/t14-,15?,21+,22+/m1/s1. The van der Waals surface area contributed by atoms with Gasteiger partial charge in [0, 0.05) is 26.0 Å². The number of aliphatic hydroxyl groups is 1. The molecule has 2 aromatic rings. The summed E-state index contributed by atoms with van der Waals surface area (Å²) in [6.45, 7) is 1.53. The van der Waals surface area contributed by atoms with E-state index in [0.29, 0.717) is 0 Å². The zero-order chi connectivity index (χ0) is 24.4. The summed E-state index contributed by atoms with van der Waals surface area (Å²) in [5, 5.41) is 21.9. The Morgan fingerprint density at radius 3 is 2.24 bits per heavy atom. The van der Waals surface area contributed by atoms with Gasteiger partial charge in [-0.15, -0.1) is 0 Å². The van der Waals surface area contributed by atoms with Crippen LogP contribution in [0.4, 0.5) is 4.79 Å². The molecule has 2 amide bonds. The van der Waals surface area contributed by atoms with E-state index in [4.69, 9.17) is 9.47 Å². The number of fused-ring (bicyclic) bond motifs is 3. The Morgan fingerprint density at radius 1 is 1.09 bits per heavy atom. The molecule has 9 nitrogen and oxygen atoms in total. The molecule has 0 saturated carbocycles. The summed E-state index contributed by atoms with van der Waals surface area (Å²) in [7, 11) is 1.39. The van der Waals surface area contributed by atoms with Crippen molar-refractivity contribution in [3.63, 3.8) is 0 Å². The first-order chi connectivity index (χ1) is 16.3.